The van der Waals surface area contributed by atoms with Crippen LogP contribution in [0.5, 0.6) is 0 Å². The molecule has 3 aromatic rings. The van der Waals surface area contributed by atoms with Gasteiger partial charge in [0.1, 0.15) is 6.29 Å². The van der Waals surface area contributed by atoms with Crippen molar-refractivity contribution in [3.05, 3.63) is 113 Å². The molecule has 0 fully saturated rings. The van der Waals surface area contributed by atoms with E-state index in [1.807, 2.05) is 78.9 Å². The Morgan fingerprint density at radius 2 is 1.45 bits per heavy atom. The minimum absolute atomic E-state index is 0.0335. The quantitative estimate of drug-likeness (QED) is 0.653. The summed E-state index contributed by atoms with van der Waals surface area (Å²) in [6, 6.07) is 28.0. The molecule has 1 aliphatic heterocycles. The van der Waals surface area contributed by atoms with Crippen LogP contribution in [0.3, 0.4) is 0 Å². The Kier molecular flexibility index (Phi) is 4.17. The number of hydrogen-bond donors (Lipinski definition) is 1. The second kappa shape index (κ2) is 6.85. The van der Waals surface area contributed by atoms with Crippen LogP contribution in [0.2, 0.25) is 0 Å². The molecule has 1 N–H and O–H groups in total. The molecule has 3 atom stereocenters. The van der Waals surface area contributed by atoms with Crippen LogP contribution >= 0.6 is 0 Å². The van der Waals surface area contributed by atoms with Crippen molar-refractivity contribution in [2.45, 2.75) is 23.7 Å². The Balaban J connectivity index is 1.85. The van der Waals surface area contributed by atoms with Gasteiger partial charge in [-0.3, -0.25) is 9.59 Å². The predicted molar refractivity (Wildman–Crippen MR) is 114 cm³/mol. The average molecular weight is 379 g/mol. The number of rotatable bonds is 3. The maximum Gasteiger partial charge on any atom is 0.236 e. The fourth-order valence-corrected chi connectivity index (χ4v) is 5.26. The number of fused-ring (bicyclic) bond motifs is 2. The number of nitrogens with one attached hydrogen (secondary N) is 1. The van der Waals surface area contributed by atoms with Crippen LogP contribution in [0.25, 0.3) is 0 Å². The SMILES string of the molecule is O=CC1=CC[C@@H](c2ccccc2)[C@@]2(C(=O)Nc3ccccc32)[C@@H]1c1ccccc1. The summed E-state index contributed by atoms with van der Waals surface area (Å²) in [7, 11) is 0. The van der Waals surface area contributed by atoms with Gasteiger partial charge in [-0.05, 0) is 34.8 Å². The second-order valence-electron chi connectivity index (χ2n) is 7.73. The summed E-state index contributed by atoms with van der Waals surface area (Å²) in [6.07, 6.45) is 3.58. The number of amides is 1. The zero-order valence-electron chi connectivity index (χ0n) is 15.9. The molecule has 1 heterocycles. The van der Waals surface area contributed by atoms with Crippen molar-refractivity contribution in [2.75, 3.05) is 5.32 Å². The smallest absolute Gasteiger partial charge is 0.236 e. The van der Waals surface area contributed by atoms with Crippen LogP contribution in [0.4, 0.5) is 5.69 Å². The Bertz CT molecular complexity index is 1100. The van der Waals surface area contributed by atoms with Crippen LogP contribution < -0.4 is 5.32 Å². The third-order valence-corrected chi connectivity index (χ3v) is 6.40. The number of para-hydroxylation sites is 1. The van der Waals surface area contributed by atoms with Gasteiger partial charge in [0.05, 0.1) is 5.41 Å². The zero-order valence-corrected chi connectivity index (χ0v) is 15.9. The van der Waals surface area contributed by atoms with Gasteiger partial charge < -0.3 is 5.32 Å². The van der Waals surface area contributed by atoms with E-state index in [-0.39, 0.29) is 17.7 Å². The number of allylic oxidation sites excluding steroid dienone is 2. The molecule has 0 unspecified atom stereocenters. The highest BCUT2D eigenvalue weighted by molar-refractivity contribution is 6.09. The number of carbonyl (C=O) groups excluding carboxylic acids is 2. The zero-order chi connectivity index (χ0) is 19.8. The fraction of sp³-hybridized carbons (Fsp3) is 0.154. The first-order valence-electron chi connectivity index (χ1n) is 9.93. The predicted octanol–water partition coefficient (Wildman–Crippen LogP) is 4.97. The Hall–Kier alpha value is -3.46. The van der Waals surface area contributed by atoms with E-state index in [0.717, 1.165) is 28.7 Å². The van der Waals surface area contributed by atoms with Gasteiger partial charge in [0, 0.05) is 17.5 Å². The van der Waals surface area contributed by atoms with Crippen molar-refractivity contribution in [2.24, 2.45) is 0 Å². The second-order valence-corrected chi connectivity index (χ2v) is 7.73. The standard InChI is InChI=1S/C26H21NO2/c28-17-20-15-16-21(18-9-3-1-4-10-18)26(24(20)19-11-5-2-6-12-19)22-13-7-8-14-23(22)27-25(26)29/h1-15,17,21,24H,16H2,(H,27,29)/t21-,24+,26-/m0/s1. The van der Waals surface area contributed by atoms with E-state index in [0.29, 0.717) is 12.0 Å². The lowest BCUT2D eigenvalue weighted by atomic mass is 9.54. The largest absolute Gasteiger partial charge is 0.325 e. The number of aldehydes is 1. The molecule has 5 rings (SSSR count). The fourth-order valence-electron chi connectivity index (χ4n) is 5.26. The van der Waals surface area contributed by atoms with Crippen LogP contribution in [-0.4, -0.2) is 12.2 Å². The maximum atomic E-state index is 13.8. The minimum atomic E-state index is -0.871. The lowest BCUT2D eigenvalue weighted by Crippen LogP contribution is -2.48. The van der Waals surface area contributed by atoms with E-state index >= 15 is 0 Å². The summed E-state index contributed by atoms with van der Waals surface area (Å²) in [6.45, 7) is 0. The van der Waals surface area contributed by atoms with Crippen molar-refractivity contribution in [3.63, 3.8) is 0 Å². The monoisotopic (exact) mass is 379 g/mol. The lowest BCUT2D eigenvalue weighted by molar-refractivity contribution is -0.122. The maximum absolute atomic E-state index is 13.8. The van der Waals surface area contributed by atoms with Gasteiger partial charge in [-0.2, -0.15) is 0 Å². The molecular formula is C26H21NO2. The highest BCUT2D eigenvalue weighted by Gasteiger charge is 2.59. The summed E-state index contributed by atoms with van der Waals surface area (Å²) in [5, 5.41) is 3.12. The van der Waals surface area contributed by atoms with Gasteiger partial charge in [-0.15, -0.1) is 0 Å². The summed E-state index contributed by atoms with van der Waals surface area (Å²) in [5.41, 5.74) is 3.71. The van der Waals surface area contributed by atoms with E-state index in [2.05, 4.69) is 17.4 Å². The van der Waals surface area contributed by atoms with Crippen LogP contribution in [-0.2, 0) is 15.0 Å². The van der Waals surface area contributed by atoms with Gasteiger partial charge in [0.15, 0.2) is 0 Å². The summed E-state index contributed by atoms with van der Waals surface area (Å²) in [5.74, 6) is -0.445. The van der Waals surface area contributed by atoms with Crippen LogP contribution in [0, 0.1) is 0 Å². The molecule has 29 heavy (non-hydrogen) atoms. The lowest BCUT2D eigenvalue weighted by Gasteiger charge is -2.45. The van der Waals surface area contributed by atoms with Crippen molar-refractivity contribution < 1.29 is 9.59 Å². The first kappa shape index (κ1) is 17.6. The van der Waals surface area contributed by atoms with Gasteiger partial charge in [0.25, 0.3) is 0 Å². The molecule has 2 aliphatic rings. The molecule has 1 spiro atoms. The number of anilines is 1. The van der Waals surface area contributed by atoms with Gasteiger partial charge in [0.2, 0.25) is 5.91 Å². The third-order valence-electron chi connectivity index (χ3n) is 6.40. The molecule has 0 saturated carbocycles. The van der Waals surface area contributed by atoms with E-state index in [9.17, 15) is 9.59 Å². The van der Waals surface area contributed by atoms with E-state index in [1.54, 1.807) is 0 Å². The van der Waals surface area contributed by atoms with E-state index < -0.39 is 5.41 Å². The van der Waals surface area contributed by atoms with Crippen LogP contribution in [0.1, 0.15) is 34.9 Å². The first-order chi connectivity index (χ1) is 14.3. The Labute approximate surface area is 170 Å². The van der Waals surface area contributed by atoms with Crippen molar-refractivity contribution >= 4 is 17.9 Å². The molecular weight excluding hydrogens is 358 g/mol. The highest BCUT2D eigenvalue weighted by atomic mass is 16.2. The molecule has 1 aliphatic carbocycles. The summed E-state index contributed by atoms with van der Waals surface area (Å²) in [4.78, 5) is 25.9. The molecule has 3 heteroatoms. The molecule has 142 valence electrons. The number of carbonyl (C=O) groups is 2. The molecule has 1 amide bonds. The average Bonchev–Trinajstić information content (AvgIpc) is 3.07. The van der Waals surface area contributed by atoms with Crippen LogP contribution in [0.15, 0.2) is 96.6 Å². The third kappa shape index (κ3) is 2.51. The molecule has 0 aromatic heterocycles. The molecule has 0 saturated heterocycles. The van der Waals surface area contributed by atoms with E-state index in [1.165, 1.54) is 0 Å². The summed E-state index contributed by atoms with van der Waals surface area (Å²) >= 11 is 0. The molecule has 0 bridgehead atoms. The van der Waals surface area contributed by atoms with Crippen molar-refractivity contribution in [1.82, 2.24) is 0 Å². The van der Waals surface area contributed by atoms with Crippen molar-refractivity contribution in [3.8, 4) is 0 Å². The highest BCUT2D eigenvalue weighted by Crippen LogP contribution is 2.60. The van der Waals surface area contributed by atoms with Gasteiger partial charge >= 0.3 is 0 Å². The van der Waals surface area contributed by atoms with Gasteiger partial charge in [-0.1, -0.05) is 84.9 Å². The molecule has 3 aromatic carbocycles. The van der Waals surface area contributed by atoms with E-state index in [4.69, 9.17) is 0 Å². The Morgan fingerprint density at radius 3 is 2.14 bits per heavy atom. The minimum Gasteiger partial charge on any atom is -0.325 e. The first-order valence-corrected chi connectivity index (χ1v) is 9.93. The normalized spacial score (nSPS) is 25.2. The topological polar surface area (TPSA) is 46.2 Å². The summed E-state index contributed by atoms with van der Waals surface area (Å²) < 4.78 is 0. The molecule has 0 radical (unpaired) electrons. The van der Waals surface area contributed by atoms with Gasteiger partial charge in [-0.25, -0.2) is 0 Å². The van der Waals surface area contributed by atoms with Crippen molar-refractivity contribution in [1.29, 1.82) is 0 Å². The molecule has 3 nitrogen and oxygen atoms in total. The Morgan fingerprint density at radius 1 is 0.828 bits per heavy atom. The number of hydrogen-bond acceptors (Lipinski definition) is 2. The number of benzene rings is 3.